The van der Waals surface area contributed by atoms with Crippen LogP contribution in [0.4, 0.5) is 0 Å². The predicted octanol–water partition coefficient (Wildman–Crippen LogP) is 4.28. The Balaban J connectivity index is 1.55. The van der Waals surface area contributed by atoms with Gasteiger partial charge in [-0.15, -0.1) is 0 Å². The fraction of sp³-hybridized carbons (Fsp3) is 0.136. The number of fused-ring (bicyclic) bond motifs is 1. The SMILES string of the molecule is Cc1cccc(-n2nc3c(c2-n2cccc2)CN(C(=O)c2cncc(Br)c2)C3)c1. The first-order valence-electron chi connectivity index (χ1n) is 9.31. The number of rotatable bonds is 3. The van der Waals surface area contributed by atoms with Gasteiger partial charge in [-0.1, -0.05) is 12.1 Å². The zero-order valence-electron chi connectivity index (χ0n) is 15.8. The highest BCUT2D eigenvalue weighted by molar-refractivity contribution is 9.10. The van der Waals surface area contributed by atoms with E-state index in [1.54, 1.807) is 18.5 Å². The molecule has 6 nitrogen and oxygen atoms in total. The Kier molecular flexibility index (Phi) is 4.32. The summed E-state index contributed by atoms with van der Waals surface area (Å²) < 4.78 is 4.82. The molecule has 3 aromatic heterocycles. The average Bonchev–Trinajstić information content (AvgIpc) is 3.43. The molecule has 4 aromatic rings. The maximum absolute atomic E-state index is 13.0. The average molecular weight is 448 g/mol. The lowest BCUT2D eigenvalue weighted by Gasteiger charge is -2.17. The second-order valence-electron chi connectivity index (χ2n) is 7.14. The van der Waals surface area contributed by atoms with Crippen LogP contribution in [0.1, 0.15) is 27.2 Å². The van der Waals surface area contributed by atoms with Crippen molar-refractivity contribution in [2.45, 2.75) is 20.0 Å². The number of hydrogen-bond acceptors (Lipinski definition) is 3. The minimum Gasteiger partial charge on any atom is -0.328 e. The summed E-state index contributed by atoms with van der Waals surface area (Å²) in [6, 6.07) is 14.1. The highest BCUT2D eigenvalue weighted by Gasteiger charge is 2.32. The maximum Gasteiger partial charge on any atom is 0.256 e. The maximum atomic E-state index is 13.0. The number of amides is 1. The Morgan fingerprint density at radius 3 is 2.66 bits per heavy atom. The second-order valence-corrected chi connectivity index (χ2v) is 8.06. The Morgan fingerprint density at radius 2 is 1.90 bits per heavy atom. The van der Waals surface area contributed by atoms with Crippen molar-refractivity contribution in [3.63, 3.8) is 0 Å². The minimum absolute atomic E-state index is 0.0441. The molecule has 144 valence electrons. The summed E-state index contributed by atoms with van der Waals surface area (Å²) in [5.74, 6) is 0.927. The van der Waals surface area contributed by atoms with Gasteiger partial charge in [-0.2, -0.15) is 5.10 Å². The third-order valence-electron chi connectivity index (χ3n) is 5.06. The quantitative estimate of drug-likeness (QED) is 0.470. The molecule has 0 N–H and O–H groups in total. The van der Waals surface area contributed by atoms with Crippen molar-refractivity contribution in [2.75, 3.05) is 0 Å². The van der Waals surface area contributed by atoms with E-state index >= 15 is 0 Å². The Bertz CT molecular complexity index is 1210. The van der Waals surface area contributed by atoms with Gasteiger partial charge < -0.3 is 9.47 Å². The molecule has 0 spiro atoms. The van der Waals surface area contributed by atoms with E-state index in [2.05, 4.69) is 50.6 Å². The number of carbonyl (C=O) groups is 1. The van der Waals surface area contributed by atoms with Crippen LogP contribution in [0, 0.1) is 6.92 Å². The van der Waals surface area contributed by atoms with Crippen LogP contribution in [-0.4, -0.2) is 30.1 Å². The topological polar surface area (TPSA) is 56.0 Å². The first-order valence-corrected chi connectivity index (χ1v) is 10.1. The van der Waals surface area contributed by atoms with E-state index in [1.807, 2.05) is 40.2 Å². The second kappa shape index (κ2) is 7.00. The first-order chi connectivity index (χ1) is 14.1. The Labute approximate surface area is 176 Å². The highest BCUT2D eigenvalue weighted by atomic mass is 79.9. The number of nitrogens with zero attached hydrogens (tertiary/aromatic N) is 5. The number of halogens is 1. The monoisotopic (exact) mass is 447 g/mol. The molecular formula is C22H18BrN5O. The highest BCUT2D eigenvalue weighted by Crippen LogP contribution is 2.31. The fourth-order valence-corrected chi connectivity index (χ4v) is 4.10. The third kappa shape index (κ3) is 3.17. The summed E-state index contributed by atoms with van der Waals surface area (Å²) in [5, 5.41) is 4.88. The lowest BCUT2D eigenvalue weighted by molar-refractivity contribution is 0.0748. The summed E-state index contributed by atoms with van der Waals surface area (Å²) in [7, 11) is 0. The number of aromatic nitrogens is 4. The summed E-state index contributed by atoms with van der Waals surface area (Å²) >= 11 is 3.39. The van der Waals surface area contributed by atoms with Crippen molar-refractivity contribution >= 4 is 21.8 Å². The molecule has 1 amide bonds. The van der Waals surface area contributed by atoms with Crippen LogP contribution >= 0.6 is 15.9 Å². The van der Waals surface area contributed by atoms with E-state index in [9.17, 15) is 4.79 Å². The van der Waals surface area contributed by atoms with Gasteiger partial charge in [-0.3, -0.25) is 9.78 Å². The molecular weight excluding hydrogens is 430 g/mol. The van der Waals surface area contributed by atoms with Gasteiger partial charge in [0.05, 0.1) is 30.0 Å². The van der Waals surface area contributed by atoms with Crippen LogP contribution in [0.15, 0.2) is 71.7 Å². The van der Waals surface area contributed by atoms with Crippen molar-refractivity contribution in [3.05, 3.63) is 94.1 Å². The van der Waals surface area contributed by atoms with Gasteiger partial charge in [0.1, 0.15) is 5.82 Å². The molecule has 0 radical (unpaired) electrons. The number of carbonyl (C=O) groups excluding carboxylic acids is 1. The molecule has 7 heteroatoms. The molecule has 4 heterocycles. The molecule has 0 bridgehead atoms. The summed E-state index contributed by atoms with van der Waals surface area (Å²) in [5.41, 5.74) is 4.75. The van der Waals surface area contributed by atoms with Crippen molar-refractivity contribution in [1.29, 1.82) is 0 Å². The van der Waals surface area contributed by atoms with E-state index in [4.69, 9.17) is 5.10 Å². The van der Waals surface area contributed by atoms with E-state index < -0.39 is 0 Å². The van der Waals surface area contributed by atoms with E-state index in [1.165, 1.54) is 5.56 Å². The number of benzene rings is 1. The minimum atomic E-state index is -0.0441. The molecule has 0 saturated heterocycles. The number of aryl methyl sites for hydroxylation is 1. The predicted molar refractivity (Wildman–Crippen MR) is 113 cm³/mol. The van der Waals surface area contributed by atoms with E-state index in [0.717, 1.165) is 27.2 Å². The van der Waals surface area contributed by atoms with Crippen LogP contribution < -0.4 is 0 Å². The van der Waals surface area contributed by atoms with E-state index in [-0.39, 0.29) is 5.91 Å². The van der Waals surface area contributed by atoms with Crippen LogP contribution in [0.2, 0.25) is 0 Å². The normalized spacial score (nSPS) is 13.0. The summed E-state index contributed by atoms with van der Waals surface area (Å²) in [6.07, 6.45) is 7.29. The molecule has 1 aliphatic rings. The molecule has 0 fully saturated rings. The van der Waals surface area contributed by atoms with Crippen molar-refractivity contribution in [1.82, 2.24) is 24.2 Å². The Morgan fingerprint density at radius 1 is 1.07 bits per heavy atom. The number of pyridine rings is 1. The summed E-state index contributed by atoms with van der Waals surface area (Å²) in [4.78, 5) is 18.9. The lowest BCUT2D eigenvalue weighted by atomic mass is 10.2. The van der Waals surface area contributed by atoms with Crippen LogP contribution in [0.5, 0.6) is 0 Å². The van der Waals surface area contributed by atoms with Crippen LogP contribution in [-0.2, 0) is 13.1 Å². The molecule has 1 aromatic carbocycles. The molecule has 29 heavy (non-hydrogen) atoms. The molecule has 5 rings (SSSR count). The molecule has 0 aliphatic carbocycles. The van der Waals surface area contributed by atoms with Gasteiger partial charge in [0.25, 0.3) is 5.91 Å². The largest absolute Gasteiger partial charge is 0.328 e. The standard InChI is InChI=1S/C22H18BrN5O/c1-15-5-4-6-18(9-15)28-21(26-7-2-3-8-26)19-13-27(14-20(19)25-28)22(29)16-10-17(23)12-24-11-16/h2-12H,13-14H2,1H3. The fourth-order valence-electron chi connectivity index (χ4n) is 3.74. The van der Waals surface area contributed by atoms with Gasteiger partial charge in [0, 0.05) is 34.8 Å². The lowest BCUT2D eigenvalue weighted by Crippen LogP contribution is -2.26. The van der Waals surface area contributed by atoms with Crippen molar-refractivity contribution in [2.24, 2.45) is 0 Å². The van der Waals surface area contributed by atoms with Gasteiger partial charge in [0.15, 0.2) is 0 Å². The molecule has 0 atom stereocenters. The third-order valence-corrected chi connectivity index (χ3v) is 5.50. The van der Waals surface area contributed by atoms with Crippen molar-refractivity contribution in [3.8, 4) is 11.5 Å². The zero-order chi connectivity index (χ0) is 20.0. The molecule has 1 aliphatic heterocycles. The van der Waals surface area contributed by atoms with Gasteiger partial charge in [0.2, 0.25) is 0 Å². The smallest absolute Gasteiger partial charge is 0.256 e. The molecule has 0 saturated carbocycles. The zero-order valence-corrected chi connectivity index (χ0v) is 17.4. The van der Waals surface area contributed by atoms with Crippen LogP contribution in [0.25, 0.3) is 11.5 Å². The summed E-state index contributed by atoms with van der Waals surface area (Å²) in [6.45, 7) is 3.07. The van der Waals surface area contributed by atoms with Crippen molar-refractivity contribution < 1.29 is 4.79 Å². The van der Waals surface area contributed by atoms with Crippen LogP contribution in [0.3, 0.4) is 0 Å². The van der Waals surface area contributed by atoms with E-state index in [0.29, 0.717) is 18.7 Å². The first kappa shape index (κ1) is 17.9. The van der Waals surface area contributed by atoms with Gasteiger partial charge in [-0.05, 0) is 58.7 Å². The number of hydrogen-bond donors (Lipinski definition) is 0. The Hall–Kier alpha value is -3.19. The van der Waals surface area contributed by atoms with Gasteiger partial charge in [-0.25, -0.2) is 4.68 Å². The molecule has 0 unspecified atom stereocenters. The van der Waals surface area contributed by atoms with Gasteiger partial charge >= 0.3 is 0 Å².